The molecule has 3 aromatic heterocycles. The lowest BCUT2D eigenvalue weighted by Crippen LogP contribution is -2.14. The molecule has 7 nitrogen and oxygen atoms in total. The summed E-state index contributed by atoms with van der Waals surface area (Å²) in [5, 5.41) is 11.7. The van der Waals surface area contributed by atoms with Crippen molar-refractivity contribution in [3.8, 4) is 11.3 Å². The highest BCUT2D eigenvalue weighted by Crippen LogP contribution is 2.30. The molecule has 0 saturated heterocycles. The van der Waals surface area contributed by atoms with Crippen LogP contribution in [0.5, 0.6) is 0 Å². The first-order chi connectivity index (χ1) is 14.3. The highest BCUT2D eigenvalue weighted by Gasteiger charge is 2.30. The van der Waals surface area contributed by atoms with Gasteiger partial charge in [-0.05, 0) is 30.5 Å². The summed E-state index contributed by atoms with van der Waals surface area (Å²) in [6.45, 7) is 4.71. The van der Waals surface area contributed by atoms with Crippen molar-refractivity contribution in [3.05, 3.63) is 66.5 Å². The summed E-state index contributed by atoms with van der Waals surface area (Å²) in [5.74, 6) is 0.464. The maximum absolute atomic E-state index is 12.0. The van der Waals surface area contributed by atoms with E-state index in [1.807, 2.05) is 67.3 Å². The van der Waals surface area contributed by atoms with E-state index in [9.17, 15) is 4.79 Å². The fourth-order valence-corrected chi connectivity index (χ4v) is 3.09. The van der Waals surface area contributed by atoms with Gasteiger partial charge in [0, 0.05) is 19.1 Å². The second-order valence-electron chi connectivity index (χ2n) is 6.79. The Morgan fingerprint density at radius 3 is 2.69 bits per heavy atom. The smallest absolute Gasteiger partial charge is 0.249 e. The van der Waals surface area contributed by atoms with Gasteiger partial charge in [0.1, 0.15) is 0 Å². The van der Waals surface area contributed by atoms with Crippen molar-refractivity contribution in [1.82, 2.24) is 24.4 Å². The summed E-state index contributed by atoms with van der Waals surface area (Å²) >= 11 is 0. The summed E-state index contributed by atoms with van der Waals surface area (Å²) in [7, 11) is 0. The summed E-state index contributed by atoms with van der Waals surface area (Å²) in [6, 6.07) is 16.0. The number of benzene rings is 1. The molecule has 5 rings (SSSR count). The van der Waals surface area contributed by atoms with E-state index >= 15 is 0 Å². The minimum atomic E-state index is 0. The fraction of sp³-hybridized carbons (Fsp3) is 0.273. The third-order valence-corrected chi connectivity index (χ3v) is 4.66. The zero-order chi connectivity index (χ0) is 20.2. The zero-order valence-corrected chi connectivity index (χ0v) is 16.6. The quantitative estimate of drug-likeness (QED) is 0.552. The van der Waals surface area contributed by atoms with Crippen LogP contribution in [-0.2, 0) is 11.3 Å². The lowest BCUT2D eigenvalue weighted by molar-refractivity contribution is -0.117. The molecule has 1 aliphatic carbocycles. The number of anilines is 1. The molecule has 7 heteroatoms. The second-order valence-corrected chi connectivity index (χ2v) is 6.79. The number of hydrogen-bond acceptors (Lipinski definition) is 4. The largest absolute Gasteiger partial charge is 0.293 e. The first-order valence-electron chi connectivity index (χ1n) is 10.00. The Labute approximate surface area is 170 Å². The minimum Gasteiger partial charge on any atom is -0.293 e. The van der Waals surface area contributed by atoms with Crippen molar-refractivity contribution >= 4 is 17.5 Å². The standard InChI is InChI=1S/C20H18N6O.C2H6.H2/c27-19(15-9-10-15)23-20-22-18-8-4-7-17(26(18)24-20)16-11-21-25(13-16)12-14-5-2-1-3-6-14;1-2;/h1-8,11,13,15H,9-10,12H2,(H,23,24,27);1-2H3;1H. The van der Waals surface area contributed by atoms with Crippen LogP contribution in [0.4, 0.5) is 5.95 Å². The van der Waals surface area contributed by atoms with Gasteiger partial charge in [0.25, 0.3) is 0 Å². The van der Waals surface area contributed by atoms with Crippen molar-refractivity contribution < 1.29 is 6.22 Å². The monoisotopic (exact) mass is 390 g/mol. The number of fused-ring (bicyclic) bond motifs is 1. The second kappa shape index (κ2) is 8.26. The van der Waals surface area contributed by atoms with Crippen molar-refractivity contribution in [2.75, 3.05) is 5.32 Å². The number of aromatic nitrogens is 5. The van der Waals surface area contributed by atoms with E-state index in [0.717, 1.165) is 24.1 Å². The predicted molar refractivity (Wildman–Crippen MR) is 115 cm³/mol. The topological polar surface area (TPSA) is 77.1 Å². The van der Waals surface area contributed by atoms with Crippen molar-refractivity contribution in [1.29, 1.82) is 0 Å². The summed E-state index contributed by atoms with van der Waals surface area (Å²) < 4.78 is 3.64. The molecule has 4 aromatic rings. The van der Waals surface area contributed by atoms with Crippen molar-refractivity contribution in [2.24, 2.45) is 5.92 Å². The molecule has 0 radical (unpaired) electrons. The maximum Gasteiger partial charge on any atom is 0.249 e. The number of nitrogens with one attached hydrogen (secondary N) is 1. The Kier molecular flexibility index (Phi) is 5.37. The molecular weight excluding hydrogens is 364 g/mol. The Morgan fingerprint density at radius 2 is 1.93 bits per heavy atom. The maximum atomic E-state index is 12.0. The first-order valence-corrected chi connectivity index (χ1v) is 10.00. The molecule has 0 spiro atoms. The molecule has 1 amide bonds. The minimum absolute atomic E-state index is 0. The van der Waals surface area contributed by atoms with Gasteiger partial charge in [-0.15, -0.1) is 5.10 Å². The third-order valence-electron chi connectivity index (χ3n) is 4.66. The van der Waals surface area contributed by atoms with E-state index in [0.29, 0.717) is 18.1 Å². The first kappa shape index (κ1) is 18.9. The molecule has 1 aliphatic rings. The van der Waals surface area contributed by atoms with Gasteiger partial charge in [0.05, 0.1) is 18.4 Å². The average Bonchev–Trinajstić information content (AvgIpc) is 3.38. The van der Waals surface area contributed by atoms with Crippen molar-refractivity contribution in [2.45, 2.75) is 33.2 Å². The van der Waals surface area contributed by atoms with Crippen LogP contribution in [0, 0.1) is 5.92 Å². The fourth-order valence-electron chi connectivity index (χ4n) is 3.09. The van der Waals surface area contributed by atoms with Crippen LogP contribution in [0.3, 0.4) is 0 Å². The number of hydrogen-bond donors (Lipinski definition) is 1. The Hall–Kier alpha value is -3.48. The van der Waals surface area contributed by atoms with Gasteiger partial charge < -0.3 is 0 Å². The van der Waals surface area contributed by atoms with Crippen LogP contribution in [-0.4, -0.2) is 30.3 Å². The highest BCUT2D eigenvalue weighted by atomic mass is 16.2. The summed E-state index contributed by atoms with van der Waals surface area (Å²) in [5.41, 5.74) is 3.71. The number of carbonyl (C=O) groups is 1. The Bertz CT molecular complexity index is 1120. The third kappa shape index (κ3) is 4.18. The molecular formula is C22H26N6O. The Balaban J connectivity index is 0.000000830. The van der Waals surface area contributed by atoms with E-state index in [2.05, 4.69) is 32.6 Å². The molecule has 150 valence electrons. The predicted octanol–water partition coefficient (Wildman–Crippen LogP) is 4.26. The lowest BCUT2D eigenvalue weighted by Gasteiger charge is -2.02. The molecule has 1 N–H and O–H groups in total. The van der Waals surface area contributed by atoms with Gasteiger partial charge in [-0.25, -0.2) is 4.52 Å². The number of nitrogens with zero attached hydrogens (tertiary/aromatic N) is 5. The number of carbonyl (C=O) groups excluding carboxylic acids is 1. The molecule has 1 aromatic carbocycles. The van der Waals surface area contributed by atoms with E-state index in [-0.39, 0.29) is 13.3 Å². The van der Waals surface area contributed by atoms with Gasteiger partial charge in [-0.1, -0.05) is 50.2 Å². The number of pyridine rings is 1. The van der Waals surface area contributed by atoms with Gasteiger partial charge in [0.2, 0.25) is 11.9 Å². The lowest BCUT2D eigenvalue weighted by atomic mass is 10.2. The van der Waals surface area contributed by atoms with Gasteiger partial charge in [-0.3, -0.25) is 14.8 Å². The summed E-state index contributed by atoms with van der Waals surface area (Å²) in [6.07, 6.45) is 5.71. The molecule has 3 heterocycles. The SMILES string of the molecule is CC.O=C(Nc1nc2cccc(-c3cnn(Cc4ccccc4)c3)n2n1)C1CC1.[HH]. The zero-order valence-electron chi connectivity index (χ0n) is 16.6. The molecule has 0 atom stereocenters. The van der Waals surface area contributed by atoms with Crippen LogP contribution >= 0.6 is 0 Å². The molecule has 29 heavy (non-hydrogen) atoms. The van der Waals surface area contributed by atoms with Gasteiger partial charge in [0.15, 0.2) is 5.65 Å². The average molecular weight is 390 g/mol. The molecule has 0 unspecified atom stereocenters. The Morgan fingerprint density at radius 1 is 1.14 bits per heavy atom. The van der Waals surface area contributed by atoms with E-state index in [4.69, 9.17) is 0 Å². The molecule has 1 saturated carbocycles. The van der Waals surface area contributed by atoms with Crippen molar-refractivity contribution in [3.63, 3.8) is 0 Å². The van der Waals surface area contributed by atoms with Crippen LogP contribution in [0.25, 0.3) is 16.9 Å². The van der Waals surface area contributed by atoms with Crippen LogP contribution in [0.1, 0.15) is 33.7 Å². The van der Waals surface area contributed by atoms with Gasteiger partial charge in [-0.2, -0.15) is 10.1 Å². The van der Waals surface area contributed by atoms with E-state index < -0.39 is 0 Å². The normalized spacial score (nSPS) is 13.0. The highest BCUT2D eigenvalue weighted by molar-refractivity contribution is 5.92. The molecule has 1 fully saturated rings. The van der Waals surface area contributed by atoms with E-state index in [1.54, 1.807) is 4.52 Å². The molecule has 0 bridgehead atoms. The van der Waals surface area contributed by atoms with Gasteiger partial charge >= 0.3 is 0 Å². The van der Waals surface area contributed by atoms with E-state index in [1.165, 1.54) is 5.56 Å². The summed E-state index contributed by atoms with van der Waals surface area (Å²) in [4.78, 5) is 16.4. The van der Waals surface area contributed by atoms with Crippen LogP contribution < -0.4 is 5.32 Å². The number of rotatable bonds is 5. The molecule has 0 aliphatic heterocycles. The number of amides is 1. The van der Waals surface area contributed by atoms with Crippen LogP contribution in [0.15, 0.2) is 60.9 Å². The van der Waals surface area contributed by atoms with Crippen LogP contribution in [0.2, 0.25) is 0 Å².